The van der Waals surface area contributed by atoms with Gasteiger partial charge in [-0.15, -0.1) is 0 Å². The van der Waals surface area contributed by atoms with Crippen LogP contribution < -0.4 is 0 Å². The molecule has 0 radical (unpaired) electrons. The highest BCUT2D eigenvalue weighted by atomic mass is 16.5. The molecule has 0 saturated heterocycles. The first-order valence-corrected chi connectivity index (χ1v) is 5.75. The number of esters is 1. The summed E-state index contributed by atoms with van der Waals surface area (Å²) in [6.07, 6.45) is 1.20. The summed E-state index contributed by atoms with van der Waals surface area (Å²) in [7, 11) is 0. The van der Waals surface area contributed by atoms with Crippen LogP contribution in [0.3, 0.4) is 0 Å². The molecule has 0 bridgehead atoms. The molecule has 0 heterocycles. The molecule has 0 fully saturated rings. The van der Waals surface area contributed by atoms with Gasteiger partial charge in [-0.25, -0.2) is 4.79 Å². The largest absolute Gasteiger partial charge is 0.450 e. The van der Waals surface area contributed by atoms with Gasteiger partial charge in [-0.3, -0.25) is 0 Å². The van der Waals surface area contributed by atoms with Crippen LogP contribution in [0.5, 0.6) is 0 Å². The molecule has 1 atom stereocenters. The van der Waals surface area contributed by atoms with Gasteiger partial charge in [0.2, 0.25) is 0 Å². The van der Waals surface area contributed by atoms with Gasteiger partial charge >= 0.3 is 5.97 Å². The summed E-state index contributed by atoms with van der Waals surface area (Å²) in [6.45, 7) is 3.71. The normalized spacial score (nSPS) is 11.6. The van der Waals surface area contributed by atoms with Crippen molar-refractivity contribution in [3.05, 3.63) is 84.4 Å². The van der Waals surface area contributed by atoms with Gasteiger partial charge in [0.25, 0.3) is 0 Å². The van der Waals surface area contributed by atoms with Crippen molar-refractivity contribution in [2.24, 2.45) is 0 Å². The summed E-state index contributed by atoms with van der Waals surface area (Å²) in [5, 5.41) is 0. The molecule has 0 amide bonds. The predicted octanol–water partition coefficient (Wildman–Crippen LogP) is 3.77. The Labute approximate surface area is 107 Å². The Balaban J connectivity index is 2.13. The van der Waals surface area contributed by atoms with Gasteiger partial charge in [-0.1, -0.05) is 55.1 Å². The molecule has 0 aliphatic carbocycles. The minimum absolute atomic E-state index is 0.343. The van der Waals surface area contributed by atoms with Gasteiger partial charge in [0, 0.05) is 0 Å². The standard InChI is InChI=1S/C16H14O2/c1-2-15(13-9-5-3-6-10-13)18-16(17)14-11-7-4-8-12-14/h2-12,15H,1H2. The van der Waals surface area contributed by atoms with E-state index < -0.39 is 6.10 Å². The molecule has 0 aliphatic rings. The van der Waals surface area contributed by atoms with Crippen LogP contribution >= 0.6 is 0 Å². The first-order chi connectivity index (χ1) is 8.81. The number of carbonyl (C=O) groups excluding carboxylic acids is 1. The van der Waals surface area contributed by atoms with Crippen molar-refractivity contribution in [3.8, 4) is 0 Å². The second-order valence-electron chi connectivity index (χ2n) is 3.84. The van der Waals surface area contributed by atoms with Gasteiger partial charge in [0.1, 0.15) is 6.10 Å². The average Bonchev–Trinajstić information content (AvgIpc) is 2.46. The van der Waals surface area contributed by atoms with Crippen molar-refractivity contribution < 1.29 is 9.53 Å². The van der Waals surface area contributed by atoms with Crippen LogP contribution in [0.25, 0.3) is 0 Å². The predicted molar refractivity (Wildman–Crippen MR) is 71.2 cm³/mol. The highest BCUT2D eigenvalue weighted by Crippen LogP contribution is 2.19. The Hall–Kier alpha value is -2.35. The molecule has 0 spiro atoms. The Morgan fingerprint density at radius 3 is 2.11 bits per heavy atom. The Morgan fingerprint density at radius 1 is 1.00 bits per heavy atom. The van der Waals surface area contributed by atoms with Crippen molar-refractivity contribution in [1.29, 1.82) is 0 Å². The van der Waals surface area contributed by atoms with E-state index in [4.69, 9.17) is 4.74 Å². The van der Waals surface area contributed by atoms with Crippen molar-refractivity contribution in [3.63, 3.8) is 0 Å². The Bertz CT molecular complexity index is 517. The number of ether oxygens (including phenoxy) is 1. The second kappa shape index (κ2) is 5.82. The highest BCUT2D eigenvalue weighted by molar-refractivity contribution is 5.89. The second-order valence-corrected chi connectivity index (χ2v) is 3.84. The zero-order valence-electron chi connectivity index (χ0n) is 9.95. The molecule has 0 aromatic heterocycles. The van der Waals surface area contributed by atoms with Gasteiger partial charge in [0.05, 0.1) is 5.56 Å². The van der Waals surface area contributed by atoms with E-state index in [-0.39, 0.29) is 5.97 Å². The number of rotatable bonds is 4. The summed E-state index contributed by atoms with van der Waals surface area (Å²) in [5.74, 6) is -0.343. The van der Waals surface area contributed by atoms with Crippen LogP contribution in [0.1, 0.15) is 22.0 Å². The molecular weight excluding hydrogens is 224 g/mol. The Morgan fingerprint density at radius 2 is 1.56 bits per heavy atom. The Kier molecular flexibility index (Phi) is 3.92. The number of carbonyl (C=O) groups is 1. The van der Waals surface area contributed by atoms with Crippen LogP contribution in [0.2, 0.25) is 0 Å². The third-order valence-corrected chi connectivity index (χ3v) is 2.59. The van der Waals surface area contributed by atoms with E-state index in [1.54, 1.807) is 18.2 Å². The minimum Gasteiger partial charge on any atom is -0.450 e. The summed E-state index contributed by atoms with van der Waals surface area (Å²) >= 11 is 0. The molecule has 0 aliphatic heterocycles. The third-order valence-electron chi connectivity index (χ3n) is 2.59. The average molecular weight is 238 g/mol. The van der Waals surface area contributed by atoms with Crippen LogP contribution in [-0.2, 0) is 4.74 Å². The van der Waals surface area contributed by atoms with E-state index in [0.29, 0.717) is 5.56 Å². The molecule has 2 aromatic carbocycles. The van der Waals surface area contributed by atoms with Gasteiger partial charge < -0.3 is 4.74 Å². The van der Waals surface area contributed by atoms with Gasteiger partial charge in [0.15, 0.2) is 0 Å². The smallest absolute Gasteiger partial charge is 0.339 e. The maximum Gasteiger partial charge on any atom is 0.339 e. The van der Waals surface area contributed by atoms with E-state index in [0.717, 1.165) is 5.56 Å². The first-order valence-electron chi connectivity index (χ1n) is 5.75. The van der Waals surface area contributed by atoms with E-state index in [1.165, 1.54) is 0 Å². The number of hydrogen-bond acceptors (Lipinski definition) is 2. The molecular formula is C16H14O2. The highest BCUT2D eigenvalue weighted by Gasteiger charge is 2.14. The molecule has 2 rings (SSSR count). The van der Waals surface area contributed by atoms with Gasteiger partial charge in [-0.05, 0) is 23.8 Å². The van der Waals surface area contributed by atoms with Crippen molar-refractivity contribution in [2.75, 3.05) is 0 Å². The lowest BCUT2D eigenvalue weighted by molar-refractivity contribution is 0.0392. The van der Waals surface area contributed by atoms with Crippen LogP contribution in [0.15, 0.2) is 73.3 Å². The maximum atomic E-state index is 11.9. The summed E-state index contributed by atoms with van der Waals surface area (Å²) < 4.78 is 5.41. The lowest BCUT2D eigenvalue weighted by Gasteiger charge is -2.14. The molecule has 1 unspecified atom stereocenters. The van der Waals surface area contributed by atoms with Crippen LogP contribution in [0, 0.1) is 0 Å². The van der Waals surface area contributed by atoms with Crippen molar-refractivity contribution >= 4 is 5.97 Å². The monoisotopic (exact) mass is 238 g/mol. The minimum atomic E-state index is -0.418. The van der Waals surface area contributed by atoms with E-state index in [2.05, 4.69) is 6.58 Å². The molecule has 18 heavy (non-hydrogen) atoms. The van der Waals surface area contributed by atoms with E-state index >= 15 is 0 Å². The number of benzene rings is 2. The van der Waals surface area contributed by atoms with Gasteiger partial charge in [-0.2, -0.15) is 0 Å². The molecule has 90 valence electrons. The van der Waals surface area contributed by atoms with Crippen molar-refractivity contribution in [1.82, 2.24) is 0 Å². The summed E-state index contributed by atoms with van der Waals surface area (Å²) in [5.41, 5.74) is 1.46. The molecule has 2 heteroatoms. The third kappa shape index (κ3) is 2.86. The molecule has 0 saturated carbocycles. The summed E-state index contributed by atoms with van der Waals surface area (Å²) in [6, 6.07) is 18.5. The fourth-order valence-electron chi connectivity index (χ4n) is 1.65. The molecule has 2 nitrogen and oxygen atoms in total. The lowest BCUT2D eigenvalue weighted by Crippen LogP contribution is -2.09. The van der Waals surface area contributed by atoms with E-state index in [1.807, 2.05) is 48.5 Å². The summed E-state index contributed by atoms with van der Waals surface area (Å²) in [4.78, 5) is 11.9. The maximum absolute atomic E-state index is 11.9. The lowest BCUT2D eigenvalue weighted by atomic mass is 10.1. The molecule has 0 N–H and O–H groups in total. The van der Waals surface area contributed by atoms with Crippen LogP contribution in [-0.4, -0.2) is 5.97 Å². The zero-order chi connectivity index (χ0) is 12.8. The first kappa shape index (κ1) is 12.1. The van der Waals surface area contributed by atoms with Crippen molar-refractivity contribution in [2.45, 2.75) is 6.10 Å². The molecule has 2 aromatic rings. The quantitative estimate of drug-likeness (QED) is 0.598. The fraction of sp³-hybridized carbons (Fsp3) is 0.0625. The number of hydrogen-bond donors (Lipinski definition) is 0. The fourth-order valence-corrected chi connectivity index (χ4v) is 1.65. The topological polar surface area (TPSA) is 26.3 Å². The SMILES string of the molecule is C=CC(OC(=O)c1ccccc1)c1ccccc1. The van der Waals surface area contributed by atoms with E-state index in [9.17, 15) is 4.79 Å². The zero-order valence-corrected chi connectivity index (χ0v) is 9.95. The van der Waals surface area contributed by atoms with Crippen LogP contribution in [0.4, 0.5) is 0 Å².